The topological polar surface area (TPSA) is 0 Å². The van der Waals surface area contributed by atoms with Crippen molar-refractivity contribution in [2.45, 2.75) is 104 Å². The van der Waals surface area contributed by atoms with Gasteiger partial charge >= 0.3 is 1.43 Å². The van der Waals surface area contributed by atoms with Crippen molar-refractivity contribution < 1.29 is 1.43 Å². The van der Waals surface area contributed by atoms with Crippen LogP contribution in [0.4, 0.5) is 0 Å². The molecule has 103 valence electrons. The van der Waals surface area contributed by atoms with Crippen molar-refractivity contribution in [3.05, 3.63) is 6.42 Å². The van der Waals surface area contributed by atoms with Crippen LogP contribution in [-0.4, -0.2) is 0 Å². The molecule has 0 aliphatic heterocycles. The highest BCUT2D eigenvalue weighted by Crippen LogP contribution is 2.12. The quantitative estimate of drug-likeness (QED) is 0.293. The standard InChI is InChI=1S/C17H35/c1-3-5-7-9-11-13-15-17-16-14-12-10-8-6-4-2/h3H,4-17H2,1-2H3/p+1. The van der Waals surface area contributed by atoms with Crippen molar-refractivity contribution in [2.75, 3.05) is 0 Å². The summed E-state index contributed by atoms with van der Waals surface area (Å²) in [6, 6.07) is 0. The van der Waals surface area contributed by atoms with Crippen molar-refractivity contribution in [3.8, 4) is 0 Å². The molecule has 0 aromatic rings. The van der Waals surface area contributed by atoms with E-state index in [9.17, 15) is 0 Å². The maximum atomic E-state index is 2.29. The fraction of sp³-hybridized carbons (Fsp3) is 0.941. The molecule has 0 bridgehead atoms. The molecule has 0 unspecified atom stereocenters. The van der Waals surface area contributed by atoms with Crippen LogP contribution >= 0.6 is 0 Å². The summed E-state index contributed by atoms with van der Waals surface area (Å²) < 4.78 is 0. The minimum absolute atomic E-state index is 0. The van der Waals surface area contributed by atoms with Gasteiger partial charge in [0.25, 0.3) is 0 Å². The lowest BCUT2D eigenvalue weighted by atomic mass is 10.0. The first-order chi connectivity index (χ1) is 8.41. The molecule has 1 radical (unpaired) electrons. The van der Waals surface area contributed by atoms with Gasteiger partial charge in [0.15, 0.2) is 0 Å². The van der Waals surface area contributed by atoms with Gasteiger partial charge in [-0.3, -0.25) is 0 Å². The molecule has 0 aromatic heterocycles. The summed E-state index contributed by atoms with van der Waals surface area (Å²) in [4.78, 5) is 0. The van der Waals surface area contributed by atoms with Crippen LogP contribution in [0, 0.1) is 6.42 Å². The second-order valence-corrected chi connectivity index (χ2v) is 5.44. The van der Waals surface area contributed by atoms with Gasteiger partial charge in [0.1, 0.15) is 0 Å². The molecular weight excluding hydrogens is 204 g/mol. The Morgan fingerprint density at radius 1 is 0.588 bits per heavy atom. The zero-order chi connectivity index (χ0) is 12.6. The average Bonchev–Trinajstić information content (AvgIpc) is 2.35. The van der Waals surface area contributed by atoms with E-state index in [4.69, 9.17) is 0 Å². The molecule has 0 spiro atoms. The highest BCUT2D eigenvalue weighted by molar-refractivity contribution is 4.55. The molecule has 17 heavy (non-hydrogen) atoms. The molecular formula is C17H36+. The maximum absolute atomic E-state index is 2.29. The number of rotatable bonds is 14. The minimum atomic E-state index is 0. The molecule has 0 N–H and O–H groups in total. The Kier molecular flexibility index (Phi) is 16.0. The second kappa shape index (κ2) is 16.0. The minimum Gasteiger partial charge on any atom is -0.0654 e. The Morgan fingerprint density at radius 2 is 0.941 bits per heavy atom. The smallest absolute Gasteiger partial charge is 0.0654 e. The van der Waals surface area contributed by atoms with Crippen molar-refractivity contribution in [3.63, 3.8) is 0 Å². The number of unbranched alkanes of at least 4 members (excludes halogenated alkanes) is 14. The van der Waals surface area contributed by atoms with E-state index in [0.717, 1.165) is 0 Å². The van der Waals surface area contributed by atoms with Crippen LogP contribution in [0.2, 0.25) is 0 Å². The van der Waals surface area contributed by atoms with E-state index in [-0.39, 0.29) is 1.43 Å². The molecule has 0 saturated carbocycles. The highest BCUT2D eigenvalue weighted by Gasteiger charge is 1.93. The van der Waals surface area contributed by atoms with Gasteiger partial charge in [-0.15, -0.1) is 0 Å². The summed E-state index contributed by atoms with van der Waals surface area (Å²) >= 11 is 0. The lowest BCUT2D eigenvalue weighted by molar-refractivity contribution is 0.539. The Hall–Kier alpha value is 0. The van der Waals surface area contributed by atoms with Crippen molar-refractivity contribution in [1.82, 2.24) is 0 Å². The normalized spacial score (nSPS) is 10.9. The highest BCUT2D eigenvalue weighted by atomic mass is 14.0. The van der Waals surface area contributed by atoms with Crippen LogP contribution in [0.15, 0.2) is 0 Å². The molecule has 0 fully saturated rings. The van der Waals surface area contributed by atoms with E-state index in [1.54, 1.807) is 0 Å². The molecule has 0 aromatic carbocycles. The Morgan fingerprint density at radius 3 is 1.29 bits per heavy atom. The van der Waals surface area contributed by atoms with E-state index in [0.29, 0.717) is 0 Å². The molecule has 0 heterocycles. The van der Waals surface area contributed by atoms with E-state index < -0.39 is 0 Å². The van der Waals surface area contributed by atoms with Crippen molar-refractivity contribution in [2.24, 2.45) is 0 Å². The molecule has 0 nitrogen and oxygen atoms in total. The lowest BCUT2D eigenvalue weighted by Gasteiger charge is -2.02. The monoisotopic (exact) mass is 240 g/mol. The van der Waals surface area contributed by atoms with Gasteiger partial charge in [0.2, 0.25) is 0 Å². The fourth-order valence-corrected chi connectivity index (χ4v) is 2.37. The molecule has 0 aliphatic rings. The largest absolute Gasteiger partial charge is 1.00 e. The number of hydrogen-bond donors (Lipinski definition) is 0. The molecule has 0 rings (SSSR count). The van der Waals surface area contributed by atoms with Gasteiger partial charge in [-0.25, -0.2) is 0 Å². The summed E-state index contributed by atoms with van der Waals surface area (Å²) in [5.74, 6) is 0. The fourth-order valence-electron chi connectivity index (χ4n) is 2.37. The van der Waals surface area contributed by atoms with Crippen LogP contribution in [-0.2, 0) is 0 Å². The van der Waals surface area contributed by atoms with Gasteiger partial charge in [0, 0.05) is 0 Å². The molecule has 0 atom stereocenters. The van der Waals surface area contributed by atoms with E-state index in [1.807, 2.05) is 0 Å². The van der Waals surface area contributed by atoms with E-state index in [1.165, 1.54) is 89.9 Å². The summed E-state index contributed by atoms with van der Waals surface area (Å²) in [5, 5.41) is 0. The first kappa shape index (κ1) is 17.0. The van der Waals surface area contributed by atoms with Crippen LogP contribution in [0.3, 0.4) is 0 Å². The summed E-state index contributed by atoms with van der Waals surface area (Å²) in [7, 11) is 0. The van der Waals surface area contributed by atoms with Crippen LogP contribution in [0.25, 0.3) is 0 Å². The summed E-state index contributed by atoms with van der Waals surface area (Å²) in [5.41, 5.74) is 0. The third kappa shape index (κ3) is 16.0. The summed E-state index contributed by atoms with van der Waals surface area (Å²) in [6.45, 7) is 4.46. The maximum Gasteiger partial charge on any atom is 1.00 e. The third-order valence-corrected chi connectivity index (χ3v) is 3.60. The van der Waals surface area contributed by atoms with Gasteiger partial charge in [-0.1, -0.05) is 104 Å². The Balaban J connectivity index is 0. The third-order valence-electron chi connectivity index (χ3n) is 3.60. The van der Waals surface area contributed by atoms with Crippen LogP contribution in [0.5, 0.6) is 0 Å². The zero-order valence-corrected chi connectivity index (χ0v) is 12.5. The van der Waals surface area contributed by atoms with Crippen LogP contribution < -0.4 is 0 Å². The van der Waals surface area contributed by atoms with Crippen molar-refractivity contribution in [1.29, 1.82) is 0 Å². The van der Waals surface area contributed by atoms with Gasteiger partial charge in [-0.2, -0.15) is 0 Å². The number of hydrogen-bond acceptors (Lipinski definition) is 0. The first-order valence-corrected chi connectivity index (χ1v) is 8.19. The van der Waals surface area contributed by atoms with Gasteiger partial charge < -0.3 is 0 Å². The van der Waals surface area contributed by atoms with E-state index >= 15 is 0 Å². The predicted octanol–water partition coefficient (Wildman–Crippen LogP) is 6.80. The van der Waals surface area contributed by atoms with Crippen molar-refractivity contribution >= 4 is 0 Å². The lowest BCUT2D eigenvalue weighted by Crippen LogP contribution is -1.83. The van der Waals surface area contributed by atoms with Gasteiger partial charge in [-0.05, 0) is 6.42 Å². The predicted molar refractivity (Wildman–Crippen MR) is 81.4 cm³/mol. The van der Waals surface area contributed by atoms with E-state index in [2.05, 4.69) is 20.3 Å². The summed E-state index contributed by atoms with van der Waals surface area (Å²) in [6.07, 6.45) is 22.5. The SMILES string of the molecule is C[CH]CCCCCCCCCCCCCCC.[H+]. The Bertz CT molecular complexity index is 109. The zero-order valence-electron chi connectivity index (χ0n) is 13.5. The second-order valence-electron chi connectivity index (χ2n) is 5.44. The van der Waals surface area contributed by atoms with Gasteiger partial charge in [0.05, 0.1) is 0 Å². The molecule has 0 amide bonds. The Labute approximate surface area is 112 Å². The van der Waals surface area contributed by atoms with Crippen LogP contribution in [0.1, 0.15) is 105 Å². The molecule has 0 heteroatoms. The molecule has 0 aliphatic carbocycles. The average molecular weight is 240 g/mol. The first-order valence-electron chi connectivity index (χ1n) is 8.19. The molecule has 0 saturated heterocycles.